The molecule has 4 aromatic carbocycles. The van der Waals surface area contributed by atoms with E-state index in [0.29, 0.717) is 28.4 Å². The Kier molecular flexibility index (Phi) is 7.55. The summed E-state index contributed by atoms with van der Waals surface area (Å²) in [6.07, 6.45) is 0. The van der Waals surface area contributed by atoms with Gasteiger partial charge in [-0.2, -0.15) is 5.10 Å². The van der Waals surface area contributed by atoms with Crippen LogP contribution in [0, 0.1) is 17.0 Å². The highest BCUT2D eigenvalue weighted by Gasteiger charge is 2.24. The van der Waals surface area contributed by atoms with Gasteiger partial charge in [0.2, 0.25) is 5.91 Å². The number of aromatic nitrogens is 2. The fraction of sp³-hybridized carbons (Fsp3) is 0.0645. The van der Waals surface area contributed by atoms with Crippen LogP contribution in [0.5, 0.6) is 11.5 Å². The number of carbonyl (C=O) groups is 2. The quantitative estimate of drug-likeness (QED) is 0.163. The van der Waals surface area contributed by atoms with E-state index in [1.54, 1.807) is 35.9 Å². The molecule has 5 rings (SSSR count). The average Bonchev–Trinajstić information content (AvgIpc) is 3.31. The second kappa shape index (κ2) is 11.5. The topological polar surface area (TPSA) is 128 Å². The summed E-state index contributed by atoms with van der Waals surface area (Å²) in [5.74, 6) is -0.141. The largest absolute Gasteiger partial charge is 0.457 e. The lowest BCUT2D eigenvalue weighted by Crippen LogP contribution is -2.14. The summed E-state index contributed by atoms with van der Waals surface area (Å²) in [4.78, 5) is 36.1. The number of carbonyl (C=O) groups excluding carboxylic acids is 2. The van der Waals surface area contributed by atoms with Crippen LogP contribution in [-0.4, -0.2) is 26.5 Å². The number of nitro benzene ring substituents is 1. The van der Waals surface area contributed by atoms with Crippen molar-refractivity contribution in [2.45, 2.75) is 13.8 Å². The van der Waals surface area contributed by atoms with Crippen molar-refractivity contribution in [3.8, 4) is 28.4 Å². The first-order chi connectivity index (χ1) is 19.8. The third kappa shape index (κ3) is 6.12. The molecule has 0 bridgehead atoms. The standard InChI is InChI=1S/C31H25N5O5/c1-20-29(30(22-9-5-3-6-10-22)34-35(20)25-11-7-4-8-12-25)31(38)33-24-17-26(36(39)40)19-28(18-24)41-27-15-13-23(14-16-27)32-21(2)37/h3-19H,1-2H3,(H,32,37)(H,33,38). The SMILES string of the molecule is CC(=O)Nc1ccc(Oc2cc(NC(=O)c3c(-c4ccccc4)nn(-c4ccccc4)c3C)cc([N+](=O)[O-])c2)cc1. The van der Waals surface area contributed by atoms with Crippen LogP contribution < -0.4 is 15.4 Å². The molecule has 10 heteroatoms. The number of anilines is 2. The number of para-hydroxylation sites is 1. The molecule has 41 heavy (non-hydrogen) atoms. The molecular weight excluding hydrogens is 522 g/mol. The summed E-state index contributed by atoms with van der Waals surface area (Å²) in [6.45, 7) is 3.20. The van der Waals surface area contributed by atoms with E-state index in [1.807, 2.05) is 60.7 Å². The molecule has 0 aliphatic carbocycles. The molecule has 1 heterocycles. The molecule has 0 aliphatic rings. The summed E-state index contributed by atoms with van der Waals surface area (Å²) >= 11 is 0. The highest BCUT2D eigenvalue weighted by Crippen LogP contribution is 2.32. The molecule has 0 atom stereocenters. The van der Waals surface area contributed by atoms with E-state index in [0.717, 1.165) is 11.3 Å². The number of nitro groups is 1. The number of ether oxygens (including phenoxy) is 1. The van der Waals surface area contributed by atoms with E-state index in [1.165, 1.54) is 25.1 Å². The minimum Gasteiger partial charge on any atom is -0.457 e. The van der Waals surface area contributed by atoms with E-state index in [4.69, 9.17) is 9.84 Å². The van der Waals surface area contributed by atoms with Crippen molar-refractivity contribution in [2.75, 3.05) is 10.6 Å². The molecule has 10 nitrogen and oxygen atoms in total. The Morgan fingerprint density at radius 1 is 0.829 bits per heavy atom. The Hall–Kier alpha value is -5.77. The van der Waals surface area contributed by atoms with Gasteiger partial charge in [0.15, 0.2) is 0 Å². The zero-order valence-corrected chi connectivity index (χ0v) is 22.2. The Morgan fingerprint density at radius 2 is 1.49 bits per heavy atom. The third-order valence-corrected chi connectivity index (χ3v) is 6.16. The molecule has 2 N–H and O–H groups in total. The van der Waals surface area contributed by atoms with Gasteiger partial charge in [-0.3, -0.25) is 19.7 Å². The van der Waals surface area contributed by atoms with E-state index in [-0.39, 0.29) is 23.0 Å². The molecule has 2 amide bonds. The van der Waals surface area contributed by atoms with Crippen LogP contribution in [0.15, 0.2) is 103 Å². The molecule has 0 spiro atoms. The molecule has 0 saturated heterocycles. The van der Waals surface area contributed by atoms with Gasteiger partial charge in [0.1, 0.15) is 17.2 Å². The molecule has 0 aliphatic heterocycles. The van der Waals surface area contributed by atoms with Gasteiger partial charge in [-0.25, -0.2) is 4.68 Å². The summed E-state index contributed by atoms with van der Waals surface area (Å²) in [5, 5.41) is 21.9. The summed E-state index contributed by atoms with van der Waals surface area (Å²) in [6, 6.07) is 29.4. The van der Waals surface area contributed by atoms with Crippen LogP contribution in [0.25, 0.3) is 16.9 Å². The van der Waals surface area contributed by atoms with Crippen LogP contribution in [0.2, 0.25) is 0 Å². The van der Waals surface area contributed by atoms with Crippen molar-refractivity contribution < 1.29 is 19.2 Å². The first kappa shape index (κ1) is 26.8. The Balaban J connectivity index is 1.49. The second-order valence-electron chi connectivity index (χ2n) is 9.16. The molecule has 1 aromatic heterocycles. The zero-order valence-electron chi connectivity index (χ0n) is 22.2. The number of hydrogen-bond donors (Lipinski definition) is 2. The average molecular weight is 548 g/mol. The van der Waals surface area contributed by atoms with Crippen molar-refractivity contribution in [3.63, 3.8) is 0 Å². The summed E-state index contributed by atoms with van der Waals surface area (Å²) < 4.78 is 7.55. The number of hydrogen-bond acceptors (Lipinski definition) is 6. The minimum atomic E-state index is -0.559. The molecule has 204 valence electrons. The first-order valence-electron chi connectivity index (χ1n) is 12.7. The minimum absolute atomic E-state index is 0.154. The Labute approximate surface area is 235 Å². The van der Waals surface area contributed by atoms with Gasteiger partial charge in [0.25, 0.3) is 11.6 Å². The van der Waals surface area contributed by atoms with E-state index < -0.39 is 10.8 Å². The number of amides is 2. The zero-order chi connectivity index (χ0) is 28.9. The highest BCUT2D eigenvalue weighted by molar-refractivity contribution is 6.09. The van der Waals surface area contributed by atoms with Crippen molar-refractivity contribution in [1.29, 1.82) is 0 Å². The summed E-state index contributed by atoms with van der Waals surface area (Å²) in [5.41, 5.74) is 3.46. The maximum atomic E-state index is 13.7. The highest BCUT2D eigenvalue weighted by atomic mass is 16.6. The molecule has 0 radical (unpaired) electrons. The maximum Gasteiger partial charge on any atom is 0.275 e. The number of nitrogens with one attached hydrogen (secondary N) is 2. The maximum absolute atomic E-state index is 13.7. The number of rotatable bonds is 8. The van der Waals surface area contributed by atoms with Crippen LogP contribution >= 0.6 is 0 Å². The van der Waals surface area contributed by atoms with E-state index >= 15 is 0 Å². The second-order valence-corrected chi connectivity index (χ2v) is 9.16. The molecular formula is C31H25N5O5. The lowest BCUT2D eigenvalue weighted by atomic mass is 10.1. The molecule has 0 unspecified atom stereocenters. The predicted molar refractivity (Wildman–Crippen MR) is 156 cm³/mol. The lowest BCUT2D eigenvalue weighted by molar-refractivity contribution is -0.384. The normalized spacial score (nSPS) is 10.6. The molecule has 5 aromatic rings. The van der Waals surface area contributed by atoms with Gasteiger partial charge >= 0.3 is 0 Å². The van der Waals surface area contributed by atoms with Crippen molar-refractivity contribution in [2.24, 2.45) is 0 Å². The number of non-ortho nitro benzene ring substituents is 1. The van der Waals surface area contributed by atoms with E-state index in [9.17, 15) is 19.7 Å². The molecule has 0 fully saturated rings. The fourth-order valence-corrected chi connectivity index (χ4v) is 4.35. The van der Waals surface area contributed by atoms with Crippen LogP contribution in [0.4, 0.5) is 17.1 Å². The fourth-order valence-electron chi connectivity index (χ4n) is 4.35. The van der Waals surface area contributed by atoms with Crippen LogP contribution in [0.3, 0.4) is 0 Å². The van der Waals surface area contributed by atoms with Crippen molar-refractivity contribution >= 4 is 28.9 Å². The monoisotopic (exact) mass is 547 g/mol. The van der Waals surface area contributed by atoms with Crippen molar-refractivity contribution in [1.82, 2.24) is 9.78 Å². The van der Waals surface area contributed by atoms with Gasteiger partial charge in [0, 0.05) is 30.3 Å². The Morgan fingerprint density at radius 3 is 2.12 bits per heavy atom. The molecule has 0 saturated carbocycles. The number of benzene rings is 4. The van der Waals surface area contributed by atoms with Crippen LogP contribution in [-0.2, 0) is 4.79 Å². The van der Waals surface area contributed by atoms with Gasteiger partial charge in [-0.1, -0.05) is 48.5 Å². The smallest absolute Gasteiger partial charge is 0.275 e. The van der Waals surface area contributed by atoms with Crippen molar-refractivity contribution in [3.05, 3.63) is 124 Å². The Bertz CT molecular complexity index is 1730. The lowest BCUT2D eigenvalue weighted by Gasteiger charge is -2.11. The van der Waals surface area contributed by atoms with Gasteiger partial charge in [-0.15, -0.1) is 0 Å². The first-order valence-corrected chi connectivity index (χ1v) is 12.7. The third-order valence-electron chi connectivity index (χ3n) is 6.16. The van der Waals surface area contributed by atoms with Gasteiger partial charge in [-0.05, 0) is 43.3 Å². The van der Waals surface area contributed by atoms with Gasteiger partial charge in [0.05, 0.1) is 33.6 Å². The predicted octanol–water partition coefficient (Wildman–Crippen LogP) is 6.76. The van der Waals surface area contributed by atoms with Crippen LogP contribution in [0.1, 0.15) is 23.0 Å². The number of nitrogens with zero attached hydrogens (tertiary/aromatic N) is 3. The summed E-state index contributed by atoms with van der Waals surface area (Å²) in [7, 11) is 0. The van der Waals surface area contributed by atoms with E-state index in [2.05, 4.69) is 10.6 Å². The van der Waals surface area contributed by atoms with Gasteiger partial charge < -0.3 is 15.4 Å².